The second-order valence-electron chi connectivity index (χ2n) is 4.62. The normalized spacial score (nSPS) is 11.8. The van der Waals surface area contributed by atoms with Gasteiger partial charge in [-0.2, -0.15) is 5.26 Å². The summed E-state index contributed by atoms with van der Waals surface area (Å²) in [5.41, 5.74) is 0.236. The summed E-state index contributed by atoms with van der Waals surface area (Å²) in [5, 5.41) is 23.2. The fourth-order valence-corrected chi connectivity index (χ4v) is 2.11. The number of carbonyl (C=O) groups is 1. The number of rotatable bonds is 4. The number of nitrogens with one attached hydrogen (secondary N) is 1. The second kappa shape index (κ2) is 6.07. The van der Waals surface area contributed by atoms with E-state index in [4.69, 9.17) is 5.26 Å². The van der Waals surface area contributed by atoms with E-state index in [-0.39, 0.29) is 29.7 Å². The molecule has 102 valence electrons. The van der Waals surface area contributed by atoms with Crippen molar-refractivity contribution in [1.29, 1.82) is 5.26 Å². The maximum atomic E-state index is 12.2. The maximum absolute atomic E-state index is 12.2. The molecule has 2 N–H and O–H groups in total. The van der Waals surface area contributed by atoms with Gasteiger partial charge in [-0.05, 0) is 17.9 Å². The summed E-state index contributed by atoms with van der Waals surface area (Å²) in [6.07, 6.45) is 0.935. The quantitative estimate of drug-likeness (QED) is 0.895. The van der Waals surface area contributed by atoms with E-state index in [0.717, 1.165) is 5.39 Å². The lowest BCUT2D eigenvalue weighted by atomic mass is 10.0. The molecule has 0 saturated carbocycles. The highest BCUT2D eigenvalue weighted by Crippen LogP contribution is 2.28. The van der Waals surface area contributed by atoms with Gasteiger partial charge in [0.2, 0.25) is 0 Å². The van der Waals surface area contributed by atoms with Gasteiger partial charge in [-0.3, -0.25) is 4.79 Å². The summed E-state index contributed by atoms with van der Waals surface area (Å²) < 4.78 is 0. The molecule has 20 heavy (non-hydrogen) atoms. The zero-order valence-electron chi connectivity index (χ0n) is 11.3. The first-order valence-electron chi connectivity index (χ1n) is 6.56. The summed E-state index contributed by atoms with van der Waals surface area (Å²) in [7, 11) is 0. The summed E-state index contributed by atoms with van der Waals surface area (Å²) in [6, 6.07) is 12.6. The Kier molecular flexibility index (Phi) is 4.21. The number of hydrogen-bond acceptors (Lipinski definition) is 3. The molecule has 0 saturated heterocycles. The van der Waals surface area contributed by atoms with Crippen LogP contribution in [0.1, 0.15) is 30.1 Å². The number of amides is 1. The van der Waals surface area contributed by atoms with Gasteiger partial charge in [0, 0.05) is 11.4 Å². The highest BCUT2D eigenvalue weighted by atomic mass is 16.3. The molecule has 0 spiro atoms. The number of hydrogen-bond donors (Lipinski definition) is 2. The monoisotopic (exact) mass is 268 g/mol. The minimum atomic E-state index is -0.352. The Morgan fingerprint density at radius 2 is 2.10 bits per heavy atom. The lowest BCUT2D eigenvalue weighted by molar-refractivity contribution is 0.0934. The van der Waals surface area contributed by atoms with Crippen LogP contribution >= 0.6 is 0 Å². The SMILES string of the molecule is CCC(CC#N)NC(=O)c1ccc2ccccc2c1O. The molecule has 0 radical (unpaired) electrons. The van der Waals surface area contributed by atoms with Crippen LogP contribution in [-0.2, 0) is 0 Å². The minimum absolute atomic E-state index is 0.0209. The summed E-state index contributed by atoms with van der Waals surface area (Å²) in [4.78, 5) is 12.2. The van der Waals surface area contributed by atoms with Crippen molar-refractivity contribution in [3.05, 3.63) is 42.0 Å². The largest absolute Gasteiger partial charge is 0.506 e. The Hall–Kier alpha value is -2.54. The van der Waals surface area contributed by atoms with Gasteiger partial charge in [-0.1, -0.05) is 37.3 Å². The van der Waals surface area contributed by atoms with Crippen molar-refractivity contribution in [2.75, 3.05) is 0 Å². The summed E-state index contributed by atoms with van der Waals surface area (Å²) >= 11 is 0. The van der Waals surface area contributed by atoms with Gasteiger partial charge in [-0.15, -0.1) is 0 Å². The van der Waals surface area contributed by atoms with Gasteiger partial charge in [-0.25, -0.2) is 0 Å². The van der Waals surface area contributed by atoms with Crippen LogP contribution in [0, 0.1) is 11.3 Å². The van der Waals surface area contributed by atoms with E-state index in [2.05, 4.69) is 5.32 Å². The molecule has 0 aromatic heterocycles. The van der Waals surface area contributed by atoms with Gasteiger partial charge < -0.3 is 10.4 Å². The smallest absolute Gasteiger partial charge is 0.255 e. The predicted molar refractivity (Wildman–Crippen MR) is 77.4 cm³/mol. The van der Waals surface area contributed by atoms with Gasteiger partial charge in [0.25, 0.3) is 5.91 Å². The number of phenolic OH excluding ortho intramolecular Hbond substituents is 1. The van der Waals surface area contributed by atoms with Crippen molar-refractivity contribution in [2.24, 2.45) is 0 Å². The van der Waals surface area contributed by atoms with E-state index in [1.54, 1.807) is 18.2 Å². The number of aromatic hydroxyl groups is 1. The predicted octanol–water partition coefficient (Wildman–Crippen LogP) is 2.97. The lowest BCUT2D eigenvalue weighted by Gasteiger charge is -2.14. The molecule has 2 rings (SSSR count). The number of nitriles is 1. The highest BCUT2D eigenvalue weighted by molar-refractivity contribution is 6.03. The molecule has 0 aliphatic carbocycles. The molecule has 1 atom stereocenters. The number of nitrogens with zero attached hydrogens (tertiary/aromatic N) is 1. The van der Waals surface area contributed by atoms with Crippen LogP contribution in [0.2, 0.25) is 0 Å². The average Bonchev–Trinajstić information content (AvgIpc) is 2.47. The number of benzene rings is 2. The Labute approximate surface area is 117 Å². The molecule has 0 heterocycles. The minimum Gasteiger partial charge on any atom is -0.506 e. The molecule has 0 fully saturated rings. The second-order valence-corrected chi connectivity index (χ2v) is 4.62. The third-order valence-corrected chi connectivity index (χ3v) is 3.31. The number of fused-ring (bicyclic) bond motifs is 1. The van der Waals surface area contributed by atoms with Crippen LogP contribution in [0.15, 0.2) is 36.4 Å². The zero-order valence-corrected chi connectivity index (χ0v) is 11.3. The third kappa shape index (κ3) is 2.72. The first-order chi connectivity index (χ1) is 9.67. The maximum Gasteiger partial charge on any atom is 0.255 e. The van der Waals surface area contributed by atoms with Crippen LogP contribution < -0.4 is 5.32 Å². The first kappa shape index (κ1) is 13.9. The fraction of sp³-hybridized carbons (Fsp3) is 0.250. The van der Waals surface area contributed by atoms with Gasteiger partial charge >= 0.3 is 0 Å². The Morgan fingerprint density at radius 1 is 1.35 bits per heavy atom. The fourth-order valence-electron chi connectivity index (χ4n) is 2.11. The third-order valence-electron chi connectivity index (χ3n) is 3.31. The van der Waals surface area contributed by atoms with Crippen LogP contribution in [0.3, 0.4) is 0 Å². The molecule has 0 aliphatic heterocycles. The van der Waals surface area contributed by atoms with E-state index >= 15 is 0 Å². The Balaban J connectivity index is 2.31. The van der Waals surface area contributed by atoms with Crippen molar-refractivity contribution < 1.29 is 9.90 Å². The van der Waals surface area contributed by atoms with Crippen LogP contribution in [0.4, 0.5) is 0 Å². The Bertz CT molecular complexity index is 674. The standard InChI is InChI=1S/C16H16N2O2/c1-2-12(9-10-17)18-16(20)14-8-7-11-5-3-4-6-13(11)15(14)19/h3-8,12,19H,2,9H2,1H3,(H,18,20). The topological polar surface area (TPSA) is 73.1 Å². The van der Waals surface area contributed by atoms with Crippen LogP contribution in [-0.4, -0.2) is 17.1 Å². The molecule has 4 nitrogen and oxygen atoms in total. The zero-order chi connectivity index (χ0) is 14.5. The van der Waals surface area contributed by atoms with Crippen molar-refractivity contribution >= 4 is 16.7 Å². The average molecular weight is 268 g/mol. The van der Waals surface area contributed by atoms with Crippen molar-refractivity contribution in [3.8, 4) is 11.8 Å². The van der Waals surface area contributed by atoms with Crippen molar-refractivity contribution in [2.45, 2.75) is 25.8 Å². The van der Waals surface area contributed by atoms with Gasteiger partial charge in [0.1, 0.15) is 5.75 Å². The molecule has 2 aromatic rings. The van der Waals surface area contributed by atoms with E-state index in [1.165, 1.54) is 0 Å². The molecular formula is C16H16N2O2. The summed E-state index contributed by atoms with van der Waals surface area (Å²) in [6.45, 7) is 1.91. The van der Waals surface area contributed by atoms with Gasteiger partial charge in [0.05, 0.1) is 18.1 Å². The van der Waals surface area contributed by atoms with Crippen LogP contribution in [0.25, 0.3) is 10.8 Å². The molecule has 1 amide bonds. The first-order valence-corrected chi connectivity index (χ1v) is 6.56. The molecule has 0 aliphatic rings. The number of phenols is 1. The molecule has 4 heteroatoms. The molecular weight excluding hydrogens is 252 g/mol. The summed E-state index contributed by atoms with van der Waals surface area (Å²) in [5.74, 6) is -0.372. The van der Waals surface area contributed by atoms with Gasteiger partial charge in [0.15, 0.2) is 0 Å². The molecule has 2 aromatic carbocycles. The Morgan fingerprint density at radius 3 is 2.80 bits per heavy atom. The van der Waals surface area contributed by atoms with Crippen molar-refractivity contribution in [1.82, 2.24) is 5.32 Å². The van der Waals surface area contributed by atoms with E-state index in [9.17, 15) is 9.90 Å². The van der Waals surface area contributed by atoms with E-state index < -0.39 is 0 Å². The highest BCUT2D eigenvalue weighted by Gasteiger charge is 2.16. The lowest BCUT2D eigenvalue weighted by Crippen LogP contribution is -2.34. The van der Waals surface area contributed by atoms with Crippen LogP contribution in [0.5, 0.6) is 5.75 Å². The van der Waals surface area contributed by atoms with E-state index in [0.29, 0.717) is 11.8 Å². The van der Waals surface area contributed by atoms with Crippen molar-refractivity contribution in [3.63, 3.8) is 0 Å². The molecule has 0 bridgehead atoms. The number of carbonyl (C=O) groups excluding carboxylic acids is 1. The molecule has 1 unspecified atom stereocenters. The van der Waals surface area contributed by atoms with E-state index in [1.807, 2.05) is 31.2 Å².